The van der Waals surface area contributed by atoms with Gasteiger partial charge in [0.15, 0.2) is 0 Å². The summed E-state index contributed by atoms with van der Waals surface area (Å²) >= 11 is 0. The number of urea groups is 1. The molecule has 2 fully saturated rings. The Morgan fingerprint density at radius 1 is 1.30 bits per heavy atom. The third-order valence-electron chi connectivity index (χ3n) is 4.74. The van der Waals surface area contributed by atoms with Crippen LogP contribution in [0.15, 0.2) is 30.3 Å². The number of likely N-dealkylation sites (tertiary alicyclic amines) is 1. The van der Waals surface area contributed by atoms with E-state index in [1.807, 2.05) is 42.2 Å². The van der Waals surface area contributed by atoms with E-state index in [2.05, 4.69) is 10.6 Å². The van der Waals surface area contributed by atoms with E-state index in [0.717, 1.165) is 51.2 Å². The lowest BCUT2D eigenvalue weighted by atomic mass is 9.90. The van der Waals surface area contributed by atoms with Crippen molar-refractivity contribution in [3.05, 3.63) is 35.9 Å². The molecule has 1 atom stereocenters. The number of halogens is 1. The molecule has 6 heteroatoms. The fourth-order valence-corrected chi connectivity index (χ4v) is 3.25. The second-order valence-electron chi connectivity index (χ2n) is 6.28. The first-order valence-electron chi connectivity index (χ1n) is 8.14. The highest BCUT2D eigenvalue weighted by molar-refractivity contribution is 5.85. The Kier molecular flexibility index (Phi) is 6.27. The lowest BCUT2D eigenvalue weighted by molar-refractivity contribution is -0.0946. The molecule has 128 valence electrons. The molecule has 23 heavy (non-hydrogen) atoms. The van der Waals surface area contributed by atoms with Crippen LogP contribution in [0.2, 0.25) is 0 Å². The molecule has 3 rings (SSSR count). The molecular weight excluding hydrogens is 314 g/mol. The van der Waals surface area contributed by atoms with Gasteiger partial charge in [0.05, 0.1) is 18.2 Å². The molecule has 0 aliphatic carbocycles. The van der Waals surface area contributed by atoms with Gasteiger partial charge in [-0.1, -0.05) is 30.3 Å². The minimum atomic E-state index is -0.0555. The van der Waals surface area contributed by atoms with Crippen molar-refractivity contribution < 1.29 is 9.53 Å². The zero-order valence-electron chi connectivity index (χ0n) is 13.6. The van der Waals surface area contributed by atoms with E-state index in [0.29, 0.717) is 0 Å². The Bertz CT molecular complexity index is 496. The number of hydrogen-bond acceptors (Lipinski definition) is 3. The molecule has 1 aromatic carbocycles. The summed E-state index contributed by atoms with van der Waals surface area (Å²) in [6.07, 6.45) is 1.82. The van der Waals surface area contributed by atoms with Gasteiger partial charge >= 0.3 is 6.03 Å². The predicted octanol–water partition coefficient (Wildman–Crippen LogP) is 2.33. The predicted molar refractivity (Wildman–Crippen MR) is 93.0 cm³/mol. The first kappa shape index (κ1) is 18.0. The summed E-state index contributed by atoms with van der Waals surface area (Å²) in [5.74, 6) is 0. The summed E-state index contributed by atoms with van der Waals surface area (Å²) in [5, 5.41) is 6.49. The second-order valence-corrected chi connectivity index (χ2v) is 6.28. The number of benzene rings is 1. The van der Waals surface area contributed by atoms with E-state index in [1.54, 1.807) is 0 Å². The molecule has 1 spiro atoms. The summed E-state index contributed by atoms with van der Waals surface area (Å²) in [4.78, 5) is 14.3. The molecule has 2 amide bonds. The van der Waals surface area contributed by atoms with E-state index in [-0.39, 0.29) is 30.1 Å². The van der Waals surface area contributed by atoms with Gasteiger partial charge in [-0.25, -0.2) is 4.79 Å². The van der Waals surface area contributed by atoms with Crippen LogP contribution in [0, 0.1) is 0 Å². The number of nitrogens with zero attached hydrogens (tertiary/aromatic N) is 1. The minimum absolute atomic E-state index is 0. The number of rotatable bonds is 2. The highest BCUT2D eigenvalue weighted by atomic mass is 35.5. The molecule has 0 saturated carbocycles. The number of carbonyl (C=O) groups is 1. The quantitative estimate of drug-likeness (QED) is 0.869. The van der Waals surface area contributed by atoms with Crippen molar-refractivity contribution in [1.82, 2.24) is 15.5 Å². The van der Waals surface area contributed by atoms with Crippen molar-refractivity contribution in [3.8, 4) is 0 Å². The monoisotopic (exact) mass is 339 g/mol. The molecule has 0 unspecified atom stereocenters. The minimum Gasteiger partial charge on any atom is -0.372 e. The first-order valence-corrected chi connectivity index (χ1v) is 8.14. The summed E-state index contributed by atoms with van der Waals surface area (Å²) < 4.78 is 5.96. The van der Waals surface area contributed by atoms with Crippen LogP contribution in [-0.4, -0.2) is 49.3 Å². The molecule has 2 N–H and O–H groups in total. The average Bonchev–Trinajstić information content (AvgIpc) is 2.57. The molecular formula is C17H26ClN3O2. The van der Waals surface area contributed by atoms with Crippen molar-refractivity contribution in [2.24, 2.45) is 0 Å². The van der Waals surface area contributed by atoms with Crippen LogP contribution in [0.3, 0.4) is 0 Å². The van der Waals surface area contributed by atoms with Crippen molar-refractivity contribution in [3.63, 3.8) is 0 Å². The lowest BCUT2D eigenvalue weighted by Gasteiger charge is -2.44. The van der Waals surface area contributed by atoms with Crippen molar-refractivity contribution >= 4 is 18.4 Å². The lowest BCUT2D eigenvalue weighted by Crippen LogP contribution is -2.57. The van der Waals surface area contributed by atoms with Crippen LogP contribution >= 0.6 is 12.4 Å². The Morgan fingerprint density at radius 2 is 2.00 bits per heavy atom. The number of ether oxygens (including phenoxy) is 1. The normalized spacial score (nSPS) is 21.3. The summed E-state index contributed by atoms with van der Waals surface area (Å²) in [6.45, 7) is 6.15. The number of morpholine rings is 1. The standard InChI is InChI=1S/C17H25N3O2.ClH/c1-14(15-5-3-2-4-6-15)19-16(21)20-10-7-17(8-11-20)13-18-9-12-22-17;/h2-6,14,18H,7-13H2,1H3,(H,19,21);1H/t14-;/m1./s1. The van der Waals surface area contributed by atoms with E-state index in [1.165, 1.54) is 0 Å². The van der Waals surface area contributed by atoms with Crippen LogP contribution in [-0.2, 0) is 4.74 Å². The third-order valence-corrected chi connectivity index (χ3v) is 4.74. The second kappa shape index (κ2) is 7.99. The van der Waals surface area contributed by atoms with Crippen LogP contribution in [0.1, 0.15) is 31.4 Å². The Hall–Kier alpha value is -1.30. The van der Waals surface area contributed by atoms with Crippen molar-refractivity contribution in [2.45, 2.75) is 31.4 Å². The van der Waals surface area contributed by atoms with Gasteiger partial charge < -0.3 is 20.3 Å². The van der Waals surface area contributed by atoms with Crippen molar-refractivity contribution in [2.75, 3.05) is 32.8 Å². The molecule has 2 saturated heterocycles. The van der Waals surface area contributed by atoms with Crippen LogP contribution in [0.25, 0.3) is 0 Å². The summed E-state index contributed by atoms with van der Waals surface area (Å²) in [7, 11) is 0. The van der Waals surface area contributed by atoms with E-state index in [4.69, 9.17) is 4.74 Å². The molecule has 5 nitrogen and oxygen atoms in total. The van der Waals surface area contributed by atoms with E-state index >= 15 is 0 Å². The fourth-order valence-electron chi connectivity index (χ4n) is 3.25. The molecule has 0 radical (unpaired) electrons. The first-order chi connectivity index (χ1) is 10.7. The number of nitrogens with one attached hydrogen (secondary N) is 2. The maximum absolute atomic E-state index is 12.4. The number of amides is 2. The van der Waals surface area contributed by atoms with Crippen LogP contribution in [0.5, 0.6) is 0 Å². The van der Waals surface area contributed by atoms with Gasteiger partial charge in [-0.3, -0.25) is 0 Å². The molecule has 2 aliphatic rings. The average molecular weight is 340 g/mol. The zero-order chi connectivity index (χ0) is 15.4. The Morgan fingerprint density at radius 3 is 2.61 bits per heavy atom. The van der Waals surface area contributed by atoms with E-state index in [9.17, 15) is 4.79 Å². The maximum atomic E-state index is 12.4. The summed E-state index contributed by atoms with van der Waals surface area (Å²) in [6, 6.07) is 10.1. The SMILES string of the molecule is C[C@@H](NC(=O)N1CCC2(CC1)CNCCO2)c1ccccc1.Cl. The van der Waals surface area contributed by atoms with Gasteiger partial charge in [-0.2, -0.15) is 0 Å². The Labute approximate surface area is 144 Å². The molecule has 2 aliphatic heterocycles. The largest absolute Gasteiger partial charge is 0.372 e. The molecule has 0 aromatic heterocycles. The Balaban J connectivity index is 0.00000192. The fraction of sp³-hybridized carbons (Fsp3) is 0.588. The third kappa shape index (κ3) is 4.37. The van der Waals surface area contributed by atoms with Crippen molar-refractivity contribution in [1.29, 1.82) is 0 Å². The van der Waals surface area contributed by atoms with Gasteiger partial charge in [0.25, 0.3) is 0 Å². The van der Waals surface area contributed by atoms with Gasteiger partial charge in [-0.05, 0) is 25.3 Å². The smallest absolute Gasteiger partial charge is 0.317 e. The van der Waals surface area contributed by atoms with Crippen LogP contribution < -0.4 is 10.6 Å². The molecule has 1 aromatic rings. The topological polar surface area (TPSA) is 53.6 Å². The van der Waals surface area contributed by atoms with Gasteiger partial charge in [0, 0.05) is 26.2 Å². The van der Waals surface area contributed by atoms with Gasteiger partial charge in [-0.15, -0.1) is 12.4 Å². The number of piperidine rings is 1. The number of hydrogen-bond donors (Lipinski definition) is 2. The number of carbonyl (C=O) groups excluding carboxylic acids is 1. The van der Waals surface area contributed by atoms with Gasteiger partial charge in [0.2, 0.25) is 0 Å². The van der Waals surface area contributed by atoms with E-state index < -0.39 is 0 Å². The highest BCUT2D eigenvalue weighted by Crippen LogP contribution is 2.27. The summed E-state index contributed by atoms with van der Waals surface area (Å²) in [5.41, 5.74) is 1.07. The van der Waals surface area contributed by atoms with Crippen LogP contribution in [0.4, 0.5) is 4.79 Å². The zero-order valence-corrected chi connectivity index (χ0v) is 14.4. The highest BCUT2D eigenvalue weighted by Gasteiger charge is 2.38. The molecule has 2 heterocycles. The molecule has 0 bridgehead atoms. The van der Waals surface area contributed by atoms with Gasteiger partial charge in [0.1, 0.15) is 0 Å². The maximum Gasteiger partial charge on any atom is 0.317 e.